The molecule has 2 heterocycles. The molecule has 0 aromatic carbocycles. The molecule has 0 atom stereocenters. The summed E-state index contributed by atoms with van der Waals surface area (Å²) in [6.45, 7) is 0. The largest absolute Gasteiger partial charge is 0.257 e. The van der Waals surface area contributed by atoms with Crippen LogP contribution in [0.2, 0.25) is 0 Å². The van der Waals surface area contributed by atoms with Crippen LogP contribution in [0.15, 0.2) is 12.4 Å². The zero-order valence-corrected chi connectivity index (χ0v) is 6.91. The SMILES string of the molecule is c1cnc2c(n1)CSSC2. The first-order valence-electron chi connectivity index (χ1n) is 3.00. The molecule has 0 amide bonds. The zero-order chi connectivity index (χ0) is 6.81. The Morgan fingerprint density at radius 1 is 1.00 bits per heavy atom. The molecule has 0 radical (unpaired) electrons. The van der Waals surface area contributed by atoms with E-state index < -0.39 is 0 Å². The van der Waals surface area contributed by atoms with Crippen LogP contribution in [0, 0.1) is 0 Å². The molecule has 1 aromatic heterocycles. The lowest BCUT2D eigenvalue weighted by molar-refractivity contribution is 1.02. The molecule has 0 saturated heterocycles. The van der Waals surface area contributed by atoms with E-state index in [0.717, 1.165) is 22.9 Å². The maximum atomic E-state index is 4.22. The lowest BCUT2D eigenvalue weighted by Crippen LogP contribution is -2.00. The van der Waals surface area contributed by atoms with Crippen molar-refractivity contribution in [2.24, 2.45) is 0 Å². The van der Waals surface area contributed by atoms with Crippen LogP contribution >= 0.6 is 21.6 Å². The Balaban J connectivity index is 2.41. The molecule has 2 rings (SSSR count). The highest BCUT2D eigenvalue weighted by molar-refractivity contribution is 8.76. The number of hydrogen-bond donors (Lipinski definition) is 0. The average molecular weight is 170 g/mol. The van der Waals surface area contributed by atoms with E-state index >= 15 is 0 Å². The van der Waals surface area contributed by atoms with E-state index in [1.54, 1.807) is 12.4 Å². The van der Waals surface area contributed by atoms with E-state index in [1.807, 2.05) is 21.6 Å². The van der Waals surface area contributed by atoms with Gasteiger partial charge in [0.2, 0.25) is 0 Å². The van der Waals surface area contributed by atoms with Crippen molar-refractivity contribution in [3.8, 4) is 0 Å². The van der Waals surface area contributed by atoms with Crippen LogP contribution < -0.4 is 0 Å². The highest BCUT2D eigenvalue weighted by Crippen LogP contribution is 2.34. The summed E-state index contributed by atoms with van der Waals surface area (Å²) >= 11 is 0. The Labute approximate surface area is 67.2 Å². The van der Waals surface area contributed by atoms with Crippen LogP contribution in [0.4, 0.5) is 0 Å². The number of hydrogen-bond acceptors (Lipinski definition) is 4. The monoisotopic (exact) mass is 170 g/mol. The van der Waals surface area contributed by atoms with E-state index in [-0.39, 0.29) is 0 Å². The molecule has 0 N–H and O–H groups in total. The predicted molar refractivity (Wildman–Crippen MR) is 44.6 cm³/mol. The molecular formula is C6H6N2S2. The molecule has 1 aliphatic rings. The topological polar surface area (TPSA) is 25.8 Å². The lowest BCUT2D eigenvalue weighted by atomic mass is 10.3. The van der Waals surface area contributed by atoms with Crippen LogP contribution in [0.3, 0.4) is 0 Å². The summed E-state index contributed by atoms with van der Waals surface area (Å²) in [7, 11) is 3.70. The zero-order valence-electron chi connectivity index (χ0n) is 5.28. The number of nitrogens with zero attached hydrogens (tertiary/aromatic N) is 2. The number of rotatable bonds is 0. The lowest BCUT2D eigenvalue weighted by Gasteiger charge is -2.10. The van der Waals surface area contributed by atoms with E-state index in [1.165, 1.54) is 0 Å². The molecule has 0 unspecified atom stereocenters. The maximum absolute atomic E-state index is 4.22. The highest BCUT2D eigenvalue weighted by atomic mass is 33.1. The first-order chi connectivity index (χ1) is 4.97. The van der Waals surface area contributed by atoms with Gasteiger partial charge in [-0.15, -0.1) is 0 Å². The normalized spacial score (nSPS) is 16.4. The van der Waals surface area contributed by atoms with Gasteiger partial charge in [0.05, 0.1) is 11.4 Å². The smallest absolute Gasteiger partial charge is 0.0735 e. The molecule has 2 nitrogen and oxygen atoms in total. The predicted octanol–water partition coefficient (Wildman–Crippen LogP) is 1.87. The first-order valence-corrected chi connectivity index (χ1v) is 5.49. The quantitative estimate of drug-likeness (QED) is 0.555. The van der Waals surface area contributed by atoms with Crippen molar-refractivity contribution in [2.45, 2.75) is 11.5 Å². The van der Waals surface area contributed by atoms with E-state index in [4.69, 9.17) is 0 Å². The van der Waals surface area contributed by atoms with Crippen molar-refractivity contribution in [3.05, 3.63) is 23.8 Å². The van der Waals surface area contributed by atoms with Gasteiger partial charge in [-0.2, -0.15) is 0 Å². The fourth-order valence-corrected chi connectivity index (χ4v) is 2.87. The first kappa shape index (κ1) is 6.49. The summed E-state index contributed by atoms with van der Waals surface area (Å²) in [4.78, 5) is 8.45. The van der Waals surface area contributed by atoms with Gasteiger partial charge < -0.3 is 0 Å². The third kappa shape index (κ3) is 1.13. The Hall–Kier alpha value is -0.220. The molecule has 0 saturated carbocycles. The molecule has 52 valence electrons. The van der Waals surface area contributed by atoms with Crippen molar-refractivity contribution >= 4 is 21.6 Å². The highest BCUT2D eigenvalue weighted by Gasteiger charge is 2.10. The second-order valence-electron chi connectivity index (χ2n) is 1.97. The summed E-state index contributed by atoms with van der Waals surface area (Å²) in [5.41, 5.74) is 2.32. The van der Waals surface area contributed by atoms with Gasteiger partial charge in [0.15, 0.2) is 0 Å². The minimum atomic E-state index is 1.01. The van der Waals surface area contributed by atoms with Crippen molar-refractivity contribution in [2.75, 3.05) is 0 Å². The number of fused-ring (bicyclic) bond motifs is 1. The van der Waals surface area contributed by atoms with Gasteiger partial charge >= 0.3 is 0 Å². The number of aromatic nitrogens is 2. The molecule has 0 fully saturated rings. The second-order valence-corrected chi connectivity index (χ2v) is 4.44. The van der Waals surface area contributed by atoms with Crippen LogP contribution in [0.5, 0.6) is 0 Å². The fraction of sp³-hybridized carbons (Fsp3) is 0.333. The van der Waals surface area contributed by atoms with Crippen molar-refractivity contribution in [3.63, 3.8) is 0 Å². The molecule has 10 heavy (non-hydrogen) atoms. The minimum Gasteiger partial charge on any atom is -0.257 e. The summed E-state index contributed by atoms with van der Waals surface area (Å²) in [5.74, 6) is 2.02. The van der Waals surface area contributed by atoms with E-state index in [2.05, 4.69) is 9.97 Å². The molecule has 0 bridgehead atoms. The van der Waals surface area contributed by atoms with Gasteiger partial charge in [-0.05, 0) is 0 Å². The van der Waals surface area contributed by atoms with Crippen LogP contribution in [-0.2, 0) is 11.5 Å². The van der Waals surface area contributed by atoms with Gasteiger partial charge in [-0.3, -0.25) is 9.97 Å². The summed E-state index contributed by atoms with van der Waals surface area (Å²) < 4.78 is 0. The third-order valence-corrected chi connectivity index (χ3v) is 3.49. The summed E-state index contributed by atoms with van der Waals surface area (Å²) in [6, 6.07) is 0. The maximum Gasteiger partial charge on any atom is 0.0735 e. The van der Waals surface area contributed by atoms with Gasteiger partial charge in [0.1, 0.15) is 0 Å². The van der Waals surface area contributed by atoms with E-state index in [0.29, 0.717) is 0 Å². The molecular weight excluding hydrogens is 164 g/mol. The molecule has 0 aliphatic carbocycles. The van der Waals surface area contributed by atoms with Gasteiger partial charge in [-0.1, -0.05) is 21.6 Å². The second kappa shape index (κ2) is 2.80. The molecule has 0 spiro atoms. The Morgan fingerprint density at radius 3 is 2.00 bits per heavy atom. The third-order valence-electron chi connectivity index (χ3n) is 1.34. The summed E-state index contributed by atoms with van der Waals surface area (Å²) in [5, 5.41) is 0. The van der Waals surface area contributed by atoms with Crippen molar-refractivity contribution in [1.82, 2.24) is 9.97 Å². The molecule has 1 aliphatic heterocycles. The van der Waals surface area contributed by atoms with E-state index in [9.17, 15) is 0 Å². The minimum absolute atomic E-state index is 1.01. The van der Waals surface area contributed by atoms with Crippen LogP contribution in [0.25, 0.3) is 0 Å². The Kier molecular flexibility index (Phi) is 1.82. The van der Waals surface area contributed by atoms with Crippen molar-refractivity contribution < 1.29 is 0 Å². The molecule has 1 aromatic rings. The Bertz CT molecular complexity index is 214. The average Bonchev–Trinajstić information content (AvgIpc) is 2.05. The van der Waals surface area contributed by atoms with Gasteiger partial charge in [0, 0.05) is 23.9 Å². The van der Waals surface area contributed by atoms with Crippen LogP contribution in [0.1, 0.15) is 11.4 Å². The summed E-state index contributed by atoms with van der Waals surface area (Å²) in [6.07, 6.45) is 3.52. The van der Waals surface area contributed by atoms with Crippen LogP contribution in [-0.4, -0.2) is 9.97 Å². The Morgan fingerprint density at radius 2 is 1.50 bits per heavy atom. The van der Waals surface area contributed by atoms with Crippen molar-refractivity contribution in [1.29, 1.82) is 0 Å². The van der Waals surface area contributed by atoms with Gasteiger partial charge in [0.25, 0.3) is 0 Å². The van der Waals surface area contributed by atoms with Gasteiger partial charge in [-0.25, -0.2) is 0 Å². The fourth-order valence-electron chi connectivity index (χ4n) is 0.832. The molecule has 4 heteroatoms. The standard InChI is InChI=1S/C6H6N2S2/c1-2-8-6-4-10-9-3-5(6)7-1/h1-2H,3-4H2.